The van der Waals surface area contributed by atoms with Crippen LogP contribution in [0.1, 0.15) is 31.4 Å². The highest BCUT2D eigenvalue weighted by atomic mass is 32.1. The van der Waals surface area contributed by atoms with Crippen LogP contribution in [-0.4, -0.2) is 24.4 Å². The zero-order valence-corrected chi connectivity index (χ0v) is 11.5. The third kappa shape index (κ3) is 3.96. The largest absolute Gasteiger partial charge is 0.376 e. The van der Waals surface area contributed by atoms with Crippen LogP contribution in [0.3, 0.4) is 0 Å². The predicted octanol–water partition coefficient (Wildman–Crippen LogP) is 2.39. The maximum atomic E-state index is 5.54. The molecule has 1 saturated heterocycles. The molecule has 0 spiro atoms. The van der Waals surface area contributed by atoms with Gasteiger partial charge in [-0.15, -0.1) is 0 Å². The Labute approximate surface area is 114 Å². The van der Waals surface area contributed by atoms with Crippen LogP contribution in [0.15, 0.2) is 30.3 Å². The Morgan fingerprint density at radius 3 is 2.89 bits per heavy atom. The lowest BCUT2D eigenvalue weighted by Crippen LogP contribution is -2.40. The van der Waals surface area contributed by atoms with E-state index in [9.17, 15) is 0 Å². The van der Waals surface area contributed by atoms with Crippen LogP contribution in [0.4, 0.5) is 0 Å². The third-order valence-corrected chi connectivity index (χ3v) is 3.42. The molecule has 0 radical (unpaired) electrons. The van der Waals surface area contributed by atoms with E-state index >= 15 is 0 Å². The minimum absolute atomic E-state index is 0.218. The fourth-order valence-corrected chi connectivity index (χ4v) is 2.34. The van der Waals surface area contributed by atoms with E-state index in [1.165, 1.54) is 5.56 Å². The Hall–Kier alpha value is -1.13. The maximum absolute atomic E-state index is 5.54. The first kappa shape index (κ1) is 13.3. The number of benzene rings is 1. The summed E-state index contributed by atoms with van der Waals surface area (Å²) in [5, 5.41) is 7.20. The van der Waals surface area contributed by atoms with Crippen LogP contribution in [0.2, 0.25) is 0 Å². The standard InChI is InChI=1S/C14H20N2OS/c1-11(12-6-3-2-4-7-12)16-14(18)15-10-13-8-5-9-17-13/h2-4,6-7,11,13H,5,8-10H2,1H3,(H2,15,16,18)/t11-,13-/m1/s1. The van der Waals surface area contributed by atoms with Crippen LogP contribution in [0.5, 0.6) is 0 Å². The number of hydrogen-bond acceptors (Lipinski definition) is 2. The first-order valence-electron chi connectivity index (χ1n) is 6.46. The molecule has 1 fully saturated rings. The van der Waals surface area contributed by atoms with E-state index in [0.717, 1.165) is 26.0 Å². The van der Waals surface area contributed by atoms with Gasteiger partial charge in [0.15, 0.2) is 5.11 Å². The molecule has 98 valence electrons. The van der Waals surface area contributed by atoms with Gasteiger partial charge < -0.3 is 15.4 Å². The van der Waals surface area contributed by atoms with Crippen molar-refractivity contribution < 1.29 is 4.74 Å². The van der Waals surface area contributed by atoms with Crippen molar-refractivity contribution >= 4 is 17.3 Å². The highest BCUT2D eigenvalue weighted by Crippen LogP contribution is 2.12. The predicted molar refractivity (Wildman–Crippen MR) is 77.6 cm³/mol. The third-order valence-electron chi connectivity index (χ3n) is 3.16. The summed E-state index contributed by atoms with van der Waals surface area (Å²) in [4.78, 5) is 0. The lowest BCUT2D eigenvalue weighted by molar-refractivity contribution is 0.114. The average molecular weight is 264 g/mol. The van der Waals surface area contributed by atoms with Crippen LogP contribution in [0, 0.1) is 0 Å². The van der Waals surface area contributed by atoms with E-state index in [2.05, 4.69) is 29.7 Å². The molecule has 0 amide bonds. The first-order valence-corrected chi connectivity index (χ1v) is 6.87. The van der Waals surface area contributed by atoms with Gasteiger partial charge in [0, 0.05) is 13.2 Å². The lowest BCUT2D eigenvalue weighted by atomic mass is 10.1. The minimum Gasteiger partial charge on any atom is -0.376 e. The van der Waals surface area contributed by atoms with Gasteiger partial charge in [-0.1, -0.05) is 30.3 Å². The molecule has 0 aromatic heterocycles. The SMILES string of the molecule is C[C@@H](NC(=S)NC[C@H]1CCCO1)c1ccccc1. The zero-order valence-electron chi connectivity index (χ0n) is 10.7. The van der Waals surface area contributed by atoms with Gasteiger partial charge in [-0.3, -0.25) is 0 Å². The molecule has 1 aromatic rings. The number of nitrogens with one attached hydrogen (secondary N) is 2. The molecule has 18 heavy (non-hydrogen) atoms. The number of thiocarbonyl (C=S) groups is 1. The summed E-state index contributed by atoms with van der Waals surface area (Å²) in [7, 11) is 0. The summed E-state index contributed by atoms with van der Waals surface area (Å²) in [6.07, 6.45) is 2.60. The summed E-state index contributed by atoms with van der Waals surface area (Å²) < 4.78 is 5.54. The van der Waals surface area contributed by atoms with Gasteiger partial charge in [0.1, 0.15) is 0 Å². The Bertz CT molecular complexity index is 377. The maximum Gasteiger partial charge on any atom is 0.166 e. The second-order valence-electron chi connectivity index (χ2n) is 4.62. The van der Waals surface area contributed by atoms with Gasteiger partial charge in [0.05, 0.1) is 12.1 Å². The molecule has 1 aromatic carbocycles. The van der Waals surface area contributed by atoms with Crippen molar-refractivity contribution in [1.29, 1.82) is 0 Å². The second kappa shape index (κ2) is 6.71. The van der Waals surface area contributed by atoms with Gasteiger partial charge >= 0.3 is 0 Å². The van der Waals surface area contributed by atoms with E-state index in [1.807, 2.05) is 18.2 Å². The molecular weight excluding hydrogens is 244 g/mol. The minimum atomic E-state index is 0.218. The molecule has 2 rings (SSSR count). The summed E-state index contributed by atoms with van der Waals surface area (Å²) in [5.74, 6) is 0. The van der Waals surface area contributed by atoms with E-state index in [0.29, 0.717) is 11.2 Å². The molecule has 1 aliphatic heterocycles. The molecule has 2 N–H and O–H groups in total. The van der Waals surface area contributed by atoms with Crippen molar-refractivity contribution in [3.05, 3.63) is 35.9 Å². The fraction of sp³-hybridized carbons (Fsp3) is 0.500. The van der Waals surface area contributed by atoms with Crippen LogP contribution < -0.4 is 10.6 Å². The molecule has 4 heteroatoms. The van der Waals surface area contributed by atoms with Crippen molar-refractivity contribution in [3.8, 4) is 0 Å². The molecular formula is C14H20N2OS. The Morgan fingerprint density at radius 2 is 2.22 bits per heavy atom. The van der Waals surface area contributed by atoms with Gasteiger partial charge in [0.25, 0.3) is 0 Å². The van der Waals surface area contributed by atoms with Gasteiger partial charge in [0.2, 0.25) is 0 Å². The molecule has 1 heterocycles. The lowest BCUT2D eigenvalue weighted by Gasteiger charge is -2.18. The Morgan fingerprint density at radius 1 is 1.44 bits per heavy atom. The van der Waals surface area contributed by atoms with Crippen LogP contribution in [-0.2, 0) is 4.74 Å². The highest BCUT2D eigenvalue weighted by molar-refractivity contribution is 7.80. The normalized spacial score (nSPS) is 20.4. The smallest absolute Gasteiger partial charge is 0.166 e. The molecule has 0 unspecified atom stereocenters. The molecule has 0 saturated carbocycles. The zero-order chi connectivity index (χ0) is 12.8. The molecule has 0 bridgehead atoms. The van der Waals surface area contributed by atoms with Gasteiger partial charge in [-0.05, 0) is 37.5 Å². The Kier molecular flexibility index (Phi) is 4.96. The van der Waals surface area contributed by atoms with E-state index in [4.69, 9.17) is 17.0 Å². The topological polar surface area (TPSA) is 33.3 Å². The number of ether oxygens (including phenoxy) is 1. The van der Waals surface area contributed by atoms with Crippen LogP contribution >= 0.6 is 12.2 Å². The number of rotatable bonds is 4. The van der Waals surface area contributed by atoms with Gasteiger partial charge in [-0.2, -0.15) is 0 Å². The highest BCUT2D eigenvalue weighted by Gasteiger charge is 2.15. The average Bonchev–Trinajstić information content (AvgIpc) is 2.90. The summed E-state index contributed by atoms with van der Waals surface area (Å²) >= 11 is 5.29. The van der Waals surface area contributed by atoms with E-state index in [1.54, 1.807) is 0 Å². The molecule has 1 aliphatic rings. The summed E-state index contributed by atoms with van der Waals surface area (Å²) in [6.45, 7) is 3.79. The Balaban J connectivity index is 1.73. The van der Waals surface area contributed by atoms with E-state index in [-0.39, 0.29) is 6.04 Å². The van der Waals surface area contributed by atoms with Crippen molar-refractivity contribution in [2.24, 2.45) is 0 Å². The van der Waals surface area contributed by atoms with Crippen molar-refractivity contribution in [1.82, 2.24) is 10.6 Å². The molecule has 0 aliphatic carbocycles. The fourth-order valence-electron chi connectivity index (χ4n) is 2.08. The van der Waals surface area contributed by atoms with Crippen molar-refractivity contribution in [3.63, 3.8) is 0 Å². The summed E-state index contributed by atoms with van der Waals surface area (Å²) in [6, 6.07) is 10.5. The molecule has 2 atom stereocenters. The first-order chi connectivity index (χ1) is 8.75. The quantitative estimate of drug-likeness (QED) is 0.818. The van der Waals surface area contributed by atoms with Crippen LogP contribution in [0.25, 0.3) is 0 Å². The summed E-state index contributed by atoms with van der Waals surface area (Å²) in [5.41, 5.74) is 1.23. The van der Waals surface area contributed by atoms with Gasteiger partial charge in [-0.25, -0.2) is 0 Å². The monoisotopic (exact) mass is 264 g/mol. The van der Waals surface area contributed by atoms with E-state index < -0.39 is 0 Å². The van der Waals surface area contributed by atoms with Crippen molar-refractivity contribution in [2.45, 2.75) is 31.9 Å². The number of hydrogen-bond donors (Lipinski definition) is 2. The van der Waals surface area contributed by atoms with Crippen molar-refractivity contribution in [2.75, 3.05) is 13.2 Å². The second-order valence-corrected chi connectivity index (χ2v) is 5.03. The molecule has 3 nitrogen and oxygen atoms in total.